The zero-order valence-electron chi connectivity index (χ0n) is 13.3. The first-order valence-electron chi connectivity index (χ1n) is 7.85. The summed E-state index contributed by atoms with van der Waals surface area (Å²) in [5, 5.41) is 0. The lowest BCUT2D eigenvalue weighted by Crippen LogP contribution is -2.00. The van der Waals surface area contributed by atoms with Crippen LogP contribution in [0, 0.1) is 13.8 Å². The van der Waals surface area contributed by atoms with E-state index in [1.54, 1.807) is 0 Å². The van der Waals surface area contributed by atoms with Gasteiger partial charge in [-0.1, -0.05) is 48.5 Å². The van der Waals surface area contributed by atoms with Crippen LogP contribution >= 0.6 is 0 Å². The Hall–Kier alpha value is -2.87. The van der Waals surface area contributed by atoms with Crippen LogP contribution in [0.5, 0.6) is 0 Å². The van der Waals surface area contributed by atoms with E-state index >= 15 is 0 Å². The smallest absolute Gasteiger partial charge is 0.146 e. The molecule has 2 nitrogen and oxygen atoms in total. The number of imidazole rings is 1. The Morgan fingerprint density at radius 3 is 2.09 bits per heavy atom. The number of rotatable bonds is 2. The molecule has 0 aliphatic heterocycles. The van der Waals surface area contributed by atoms with Crippen LogP contribution in [0.3, 0.4) is 0 Å². The molecule has 0 unspecified atom stereocenters. The number of aromatic nitrogens is 2. The van der Waals surface area contributed by atoms with E-state index in [4.69, 9.17) is 4.98 Å². The minimum absolute atomic E-state index is 1.01. The van der Waals surface area contributed by atoms with Crippen LogP contribution < -0.4 is 0 Å². The fourth-order valence-electron chi connectivity index (χ4n) is 3.20. The maximum atomic E-state index is 4.94. The molecule has 23 heavy (non-hydrogen) atoms. The van der Waals surface area contributed by atoms with Gasteiger partial charge in [0.05, 0.1) is 11.0 Å². The van der Waals surface area contributed by atoms with Crippen LogP contribution in [-0.2, 0) is 0 Å². The number of para-hydroxylation sites is 3. The largest absolute Gasteiger partial charge is 0.292 e. The van der Waals surface area contributed by atoms with Crippen molar-refractivity contribution in [3.63, 3.8) is 0 Å². The molecule has 112 valence electrons. The second-order valence-corrected chi connectivity index (χ2v) is 5.86. The Bertz CT molecular complexity index is 961. The Kier molecular flexibility index (Phi) is 3.23. The number of hydrogen-bond donors (Lipinski definition) is 0. The van der Waals surface area contributed by atoms with E-state index in [1.807, 2.05) is 12.1 Å². The van der Waals surface area contributed by atoms with Crippen LogP contribution in [0.4, 0.5) is 0 Å². The highest BCUT2D eigenvalue weighted by Crippen LogP contribution is 2.32. The Balaban J connectivity index is 2.12. The number of nitrogens with zero attached hydrogens (tertiary/aromatic N) is 2. The third-order valence-electron chi connectivity index (χ3n) is 4.28. The molecule has 0 amide bonds. The molecular formula is C21H18N2. The van der Waals surface area contributed by atoms with Crippen LogP contribution in [0.2, 0.25) is 0 Å². The van der Waals surface area contributed by atoms with Gasteiger partial charge in [-0.2, -0.15) is 0 Å². The monoisotopic (exact) mass is 298 g/mol. The topological polar surface area (TPSA) is 17.8 Å². The Morgan fingerprint density at radius 1 is 0.696 bits per heavy atom. The molecule has 3 aromatic carbocycles. The van der Waals surface area contributed by atoms with Crippen molar-refractivity contribution in [2.45, 2.75) is 13.8 Å². The highest BCUT2D eigenvalue weighted by atomic mass is 15.1. The van der Waals surface area contributed by atoms with Crippen molar-refractivity contribution in [3.05, 3.63) is 83.9 Å². The lowest BCUT2D eigenvalue weighted by Gasteiger charge is -2.13. The maximum absolute atomic E-state index is 4.94. The summed E-state index contributed by atoms with van der Waals surface area (Å²) in [6, 6.07) is 25.2. The van der Waals surface area contributed by atoms with Gasteiger partial charge in [-0.25, -0.2) is 4.98 Å². The average molecular weight is 298 g/mol. The summed E-state index contributed by atoms with van der Waals surface area (Å²) in [5.41, 5.74) is 7.01. The van der Waals surface area contributed by atoms with Crippen molar-refractivity contribution >= 4 is 11.0 Å². The van der Waals surface area contributed by atoms with Gasteiger partial charge in [-0.05, 0) is 49.2 Å². The van der Waals surface area contributed by atoms with E-state index in [0.717, 1.165) is 22.5 Å². The van der Waals surface area contributed by atoms with Gasteiger partial charge in [0.15, 0.2) is 0 Å². The van der Waals surface area contributed by atoms with Crippen LogP contribution in [0.25, 0.3) is 28.1 Å². The molecule has 0 fully saturated rings. The van der Waals surface area contributed by atoms with Gasteiger partial charge in [-0.15, -0.1) is 0 Å². The second-order valence-electron chi connectivity index (χ2n) is 5.86. The first-order valence-corrected chi connectivity index (χ1v) is 7.85. The summed E-state index contributed by atoms with van der Waals surface area (Å²) in [6.07, 6.45) is 0. The third-order valence-corrected chi connectivity index (χ3v) is 4.28. The van der Waals surface area contributed by atoms with Crippen molar-refractivity contribution in [1.82, 2.24) is 9.55 Å². The van der Waals surface area contributed by atoms with Gasteiger partial charge in [0, 0.05) is 11.3 Å². The molecule has 0 radical (unpaired) electrons. The first kappa shape index (κ1) is 13.8. The number of fused-ring (bicyclic) bond motifs is 1. The van der Waals surface area contributed by atoms with Crippen LogP contribution in [0.15, 0.2) is 72.8 Å². The summed E-state index contributed by atoms with van der Waals surface area (Å²) in [5.74, 6) is 1.01. The van der Waals surface area contributed by atoms with E-state index in [-0.39, 0.29) is 0 Å². The van der Waals surface area contributed by atoms with Crippen molar-refractivity contribution in [2.75, 3.05) is 0 Å². The quantitative estimate of drug-likeness (QED) is 0.490. The normalized spacial score (nSPS) is 11.0. The molecule has 2 heteroatoms. The summed E-state index contributed by atoms with van der Waals surface area (Å²) in [7, 11) is 0. The molecular weight excluding hydrogens is 280 g/mol. The van der Waals surface area contributed by atoms with Gasteiger partial charge >= 0.3 is 0 Å². The Labute approximate surface area is 136 Å². The van der Waals surface area contributed by atoms with E-state index < -0.39 is 0 Å². The van der Waals surface area contributed by atoms with Crippen LogP contribution in [0.1, 0.15) is 11.1 Å². The van der Waals surface area contributed by atoms with Gasteiger partial charge in [0.25, 0.3) is 0 Å². The van der Waals surface area contributed by atoms with E-state index in [0.29, 0.717) is 0 Å². The second kappa shape index (κ2) is 5.40. The number of benzene rings is 3. The first-order chi connectivity index (χ1) is 11.3. The molecule has 0 spiro atoms. The molecule has 0 bridgehead atoms. The van der Waals surface area contributed by atoms with E-state index in [9.17, 15) is 0 Å². The molecule has 4 aromatic rings. The highest BCUT2D eigenvalue weighted by molar-refractivity contribution is 5.84. The van der Waals surface area contributed by atoms with Crippen molar-refractivity contribution in [2.24, 2.45) is 0 Å². The van der Waals surface area contributed by atoms with Crippen molar-refractivity contribution in [1.29, 1.82) is 0 Å². The summed E-state index contributed by atoms with van der Waals surface area (Å²) >= 11 is 0. The van der Waals surface area contributed by atoms with Crippen molar-refractivity contribution < 1.29 is 0 Å². The molecule has 0 saturated heterocycles. The number of hydrogen-bond acceptors (Lipinski definition) is 1. The molecule has 0 aliphatic rings. The number of aryl methyl sites for hydroxylation is 2. The summed E-state index contributed by atoms with van der Waals surface area (Å²) < 4.78 is 2.25. The lowest BCUT2D eigenvalue weighted by molar-refractivity contribution is 1.09. The van der Waals surface area contributed by atoms with E-state index in [2.05, 4.69) is 79.1 Å². The van der Waals surface area contributed by atoms with Crippen LogP contribution in [-0.4, -0.2) is 9.55 Å². The van der Waals surface area contributed by atoms with Gasteiger partial charge in [0.1, 0.15) is 5.82 Å². The Morgan fingerprint density at radius 2 is 1.35 bits per heavy atom. The third kappa shape index (κ3) is 2.23. The molecule has 1 heterocycles. The average Bonchev–Trinajstić information content (AvgIpc) is 2.94. The maximum Gasteiger partial charge on any atom is 0.146 e. The van der Waals surface area contributed by atoms with Crippen molar-refractivity contribution in [3.8, 4) is 17.1 Å². The molecule has 1 aromatic heterocycles. The minimum Gasteiger partial charge on any atom is -0.292 e. The zero-order valence-corrected chi connectivity index (χ0v) is 13.3. The lowest BCUT2D eigenvalue weighted by atomic mass is 10.0. The predicted molar refractivity (Wildman–Crippen MR) is 96.0 cm³/mol. The standard InChI is InChI=1S/C21H18N2/c1-15-9-8-10-16(2)20(15)21-22-18-13-6-7-14-19(18)23(21)17-11-4-3-5-12-17/h3-14H,1-2H3. The predicted octanol–water partition coefficient (Wildman–Crippen LogP) is 5.31. The minimum atomic E-state index is 1.01. The SMILES string of the molecule is Cc1cccc(C)c1-c1nc2ccccc2n1-c1ccccc1. The fourth-order valence-corrected chi connectivity index (χ4v) is 3.20. The zero-order chi connectivity index (χ0) is 15.8. The molecule has 0 atom stereocenters. The summed E-state index contributed by atoms with van der Waals surface area (Å²) in [6.45, 7) is 4.30. The van der Waals surface area contributed by atoms with Gasteiger partial charge in [0.2, 0.25) is 0 Å². The van der Waals surface area contributed by atoms with Gasteiger partial charge < -0.3 is 0 Å². The molecule has 0 aliphatic carbocycles. The van der Waals surface area contributed by atoms with Gasteiger partial charge in [-0.3, -0.25) is 4.57 Å². The van der Waals surface area contributed by atoms with E-state index in [1.165, 1.54) is 16.7 Å². The molecule has 0 saturated carbocycles. The fraction of sp³-hybridized carbons (Fsp3) is 0.0952. The summed E-state index contributed by atoms with van der Waals surface area (Å²) in [4.78, 5) is 4.94. The highest BCUT2D eigenvalue weighted by Gasteiger charge is 2.16. The molecule has 4 rings (SSSR count). The molecule has 0 N–H and O–H groups in total.